The van der Waals surface area contributed by atoms with Gasteiger partial charge in [0.1, 0.15) is 0 Å². The second-order valence-electron chi connectivity index (χ2n) is 6.51. The molecule has 2 amide bonds. The first-order chi connectivity index (χ1) is 10.7. The first kappa shape index (κ1) is 15.5. The van der Waals surface area contributed by atoms with E-state index < -0.39 is 0 Å². The summed E-state index contributed by atoms with van der Waals surface area (Å²) in [5, 5.41) is 5.16. The van der Waals surface area contributed by atoms with Crippen LogP contribution in [0.1, 0.15) is 49.4 Å². The minimum absolute atomic E-state index is 0.107. The maximum Gasteiger partial charge on any atom is 0.225 e. The van der Waals surface area contributed by atoms with E-state index in [4.69, 9.17) is 0 Å². The molecule has 0 bridgehead atoms. The summed E-state index contributed by atoms with van der Waals surface area (Å²) < 4.78 is 0. The molecular formula is C17H24N2O2S. The van der Waals surface area contributed by atoms with Gasteiger partial charge in [0.2, 0.25) is 11.8 Å². The Balaban J connectivity index is 1.69. The van der Waals surface area contributed by atoms with Crippen LogP contribution in [0.2, 0.25) is 0 Å². The van der Waals surface area contributed by atoms with Gasteiger partial charge in [-0.2, -0.15) is 0 Å². The summed E-state index contributed by atoms with van der Waals surface area (Å²) in [4.78, 5) is 27.6. The van der Waals surface area contributed by atoms with Crippen molar-refractivity contribution in [2.75, 3.05) is 13.6 Å². The van der Waals surface area contributed by atoms with E-state index in [1.165, 1.54) is 25.7 Å². The number of nitrogens with one attached hydrogen (secondary N) is 1. The molecule has 3 rings (SSSR count). The fourth-order valence-electron chi connectivity index (χ4n) is 3.75. The zero-order valence-corrected chi connectivity index (χ0v) is 13.9. The molecule has 1 aromatic heterocycles. The van der Waals surface area contributed by atoms with Crippen LogP contribution in [0.4, 0.5) is 0 Å². The maximum absolute atomic E-state index is 12.7. The predicted octanol–water partition coefficient (Wildman–Crippen LogP) is 2.96. The minimum Gasteiger partial charge on any atom is -0.356 e. The Labute approximate surface area is 135 Å². The lowest BCUT2D eigenvalue weighted by Gasteiger charge is -2.37. The van der Waals surface area contributed by atoms with E-state index in [0.717, 1.165) is 11.4 Å². The molecule has 1 saturated carbocycles. The van der Waals surface area contributed by atoms with E-state index >= 15 is 0 Å². The van der Waals surface area contributed by atoms with Crippen LogP contribution < -0.4 is 5.32 Å². The van der Waals surface area contributed by atoms with E-state index in [1.54, 1.807) is 16.2 Å². The first-order valence-electron chi connectivity index (χ1n) is 8.23. The summed E-state index contributed by atoms with van der Waals surface area (Å²) in [6.07, 6.45) is 6.18. The number of likely N-dealkylation sites (tertiary alicyclic amines) is 1. The Bertz CT molecular complexity index is 523. The lowest BCUT2D eigenvalue weighted by Crippen LogP contribution is -2.46. The molecule has 22 heavy (non-hydrogen) atoms. The molecule has 120 valence electrons. The third kappa shape index (κ3) is 3.19. The zero-order chi connectivity index (χ0) is 15.5. The molecule has 5 heteroatoms. The van der Waals surface area contributed by atoms with Crippen molar-refractivity contribution in [1.82, 2.24) is 10.2 Å². The summed E-state index contributed by atoms with van der Waals surface area (Å²) in [5.74, 6) is 0.776. The van der Waals surface area contributed by atoms with Crippen molar-refractivity contribution >= 4 is 23.2 Å². The molecule has 0 radical (unpaired) electrons. The van der Waals surface area contributed by atoms with Crippen LogP contribution in [0.25, 0.3) is 0 Å². The molecular weight excluding hydrogens is 296 g/mol. The van der Waals surface area contributed by atoms with Crippen LogP contribution in [-0.2, 0) is 9.59 Å². The van der Waals surface area contributed by atoms with E-state index in [0.29, 0.717) is 18.8 Å². The summed E-state index contributed by atoms with van der Waals surface area (Å²) in [5.41, 5.74) is 0. The van der Waals surface area contributed by atoms with Gasteiger partial charge in [-0.25, -0.2) is 0 Å². The Morgan fingerprint density at radius 2 is 2.14 bits per heavy atom. The summed E-state index contributed by atoms with van der Waals surface area (Å²) in [6, 6.07) is 3.91. The number of thiophene rings is 1. The molecule has 1 aromatic rings. The van der Waals surface area contributed by atoms with E-state index in [-0.39, 0.29) is 23.8 Å². The molecule has 1 aliphatic heterocycles. The highest BCUT2D eigenvalue weighted by molar-refractivity contribution is 7.10. The van der Waals surface area contributed by atoms with Crippen molar-refractivity contribution in [3.8, 4) is 0 Å². The molecule has 2 aliphatic rings. The minimum atomic E-state index is -0.122. The van der Waals surface area contributed by atoms with Crippen molar-refractivity contribution in [3.05, 3.63) is 22.4 Å². The molecule has 0 spiro atoms. The van der Waals surface area contributed by atoms with Crippen molar-refractivity contribution < 1.29 is 9.59 Å². The Morgan fingerprint density at radius 1 is 1.36 bits per heavy atom. The van der Waals surface area contributed by atoms with Crippen molar-refractivity contribution in [2.45, 2.75) is 44.6 Å². The van der Waals surface area contributed by atoms with Crippen molar-refractivity contribution in [1.29, 1.82) is 0 Å². The lowest BCUT2D eigenvalue weighted by atomic mass is 9.87. The number of amides is 2. The smallest absolute Gasteiger partial charge is 0.225 e. The van der Waals surface area contributed by atoms with E-state index in [2.05, 4.69) is 5.32 Å². The van der Waals surface area contributed by atoms with Gasteiger partial charge < -0.3 is 10.2 Å². The SMILES string of the molecule is CN1C(=O)CC[C@@H](C(=O)NCC2CCCC2)[C@@H]1c1cccs1. The molecule has 1 saturated heterocycles. The van der Waals surface area contributed by atoms with Gasteiger partial charge in [-0.1, -0.05) is 18.9 Å². The standard InChI is InChI=1S/C17H24N2O2S/c1-19-15(20)9-8-13(16(19)14-7-4-10-22-14)17(21)18-11-12-5-2-3-6-12/h4,7,10,12-13,16H,2-3,5-6,8-9,11H2,1H3,(H,18,21)/t13-,16-/m1/s1. The van der Waals surface area contributed by atoms with Gasteiger partial charge in [-0.05, 0) is 36.6 Å². The number of rotatable bonds is 4. The molecule has 2 heterocycles. The van der Waals surface area contributed by atoms with Crippen LogP contribution in [0.5, 0.6) is 0 Å². The fraction of sp³-hybridized carbons (Fsp3) is 0.647. The molecule has 1 aliphatic carbocycles. The third-order valence-electron chi connectivity index (χ3n) is 5.07. The number of hydrogen-bond donors (Lipinski definition) is 1. The largest absolute Gasteiger partial charge is 0.356 e. The van der Waals surface area contributed by atoms with Crippen LogP contribution in [0.15, 0.2) is 17.5 Å². The third-order valence-corrected chi connectivity index (χ3v) is 6.02. The van der Waals surface area contributed by atoms with Gasteiger partial charge >= 0.3 is 0 Å². The van der Waals surface area contributed by atoms with Crippen molar-refractivity contribution in [2.24, 2.45) is 11.8 Å². The van der Waals surface area contributed by atoms with Crippen molar-refractivity contribution in [3.63, 3.8) is 0 Å². The predicted molar refractivity (Wildman–Crippen MR) is 87.5 cm³/mol. The van der Waals surface area contributed by atoms with Crippen LogP contribution in [0, 0.1) is 11.8 Å². The quantitative estimate of drug-likeness (QED) is 0.927. The van der Waals surface area contributed by atoms with Gasteiger partial charge in [0.15, 0.2) is 0 Å². The number of nitrogens with zero attached hydrogens (tertiary/aromatic N) is 1. The normalized spacial score (nSPS) is 26.4. The summed E-state index contributed by atoms with van der Waals surface area (Å²) in [7, 11) is 1.82. The van der Waals surface area contributed by atoms with Gasteiger partial charge in [0, 0.05) is 24.9 Å². The van der Waals surface area contributed by atoms with Gasteiger partial charge in [0.25, 0.3) is 0 Å². The number of carbonyl (C=O) groups is 2. The highest BCUT2D eigenvalue weighted by atomic mass is 32.1. The molecule has 0 unspecified atom stereocenters. The average Bonchev–Trinajstić information content (AvgIpc) is 3.20. The number of piperidine rings is 1. The highest BCUT2D eigenvalue weighted by Crippen LogP contribution is 2.38. The Kier molecular flexibility index (Phi) is 4.81. The second-order valence-corrected chi connectivity index (χ2v) is 7.48. The summed E-state index contributed by atoms with van der Waals surface area (Å²) >= 11 is 1.63. The average molecular weight is 320 g/mol. The molecule has 2 fully saturated rings. The van der Waals surface area contributed by atoms with Crippen LogP contribution >= 0.6 is 11.3 Å². The monoisotopic (exact) mass is 320 g/mol. The van der Waals surface area contributed by atoms with Crippen LogP contribution in [-0.4, -0.2) is 30.3 Å². The maximum atomic E-state index is 12.7. The van der Waals surface area contributed by atoms with Gasteiger partial charge in [-0.3, -0.25) is 9.59 Å². The van der Waals surface area contributed by atoms with Crippen LogP contribution in [0.3, 0.4) is 0 Å². The summed E-state index contributed by atoms with van der Waals surface area (Å²) in [6.45, 7) is 0.796. The van der Waals surface area contributed by atoms with Gasteiger partial charge in [-0.15, -0.1) is 11.3 Å². The number of carbonyl (C=O) groups excluding carboxylic acids is 2. The van der Waals surface area contributed by atoms with E-state index in [1.807, 2.05) is 24.6 Å². The Morgan fingerprint density at radius 3 is 2.82 bits per heavy atom. The molecule has 1 N–H and O–H groups in total. The zero-order valence-electron chi connectivity index (χ0n) is 13.1. The molecule has 4 nitrogen and oxygen atoms in total. The second kappa shape index (κ2) is 6.82. The molecule has 2 atom stereocenters. The topological polar surface area (TPSA) is 49.4 Å². The Hall–Kier alpha value is -1.36. The lowest BCUT2D eigenvalue weighted by molar-refractivity contribution is -0.141. The number of hydrogen-bond acceptors (Lipinski definition) is 3. The fourth-order valence-corrected chi connectivity index (χ4v) is 4.69. The highest BCUT2D eigenvalue weighted by Gasteiger charge is 2.39. The van der Waals surface area contributed by atoms with Gasteiger partial charge in [0.05, 0.1) is 12.0 Å². The first-order valence-corrected chi connectivity index (χ1v) is 9.11. The van der Waals surface area contributed by atoms with E-state index in [9.17, 15) is 9.59 Å². The molecule has 0 aromatic carbocycles.